The minimum absolute atomic E-state index is 0.164. The van der Waals surface area contributed by atoms with Gasteiger partial charge in [0.05, 0.1) is 6.04 Å². The molecule has 3 fully saturated rings. The number of carbonyl (C=O) groups is 1. The van der Waals surface area contributed by atoms with Gasteiger partial charge in [0.25, 0.3) is 0 Å². The maximum Gasteiger partial charge on any atom is 0.573 e. The van der Waals surface area contributed by atoms with Crippen LogP contribution < -0.4 is 4.74 Å². The monoisotopic (exact) mass is 397 g/mol. The number of ether oxygens (including phenoxy) is 1. The van der Waals surface area contributed by atoms with E-state index in [4.69, 9.17) is 0 Å². The van der Waals surface area contributed by atoms with E-state index in [1.54, 1.807) is 6.07 Å². The molecule has 4 rings (SSSR count). The Morgan fingerprint density at radius 3 is 2.54 bits per heavy atom. The highest BCUT2D eigenvalue weighted by Gasteiger charge is 2.43. The summed E-state index contributed by atoms with van der Waals surface area (Å²) in [6, 6.07) is 6.84. The van der Waals surface area contributed by atoms with E-state index in [1.807, 2.05) is 11.0 Å². The molecule has 0 bridgehead atoms. The molecule has 1 aromatic carbocycles. The molecule has 154 valence electrons. The van der Waals surface area contributed by atoms with Gasteiger partial charge in [0.15, 0.2) is 0 Å². The minimum Gasteiger partial charge on any atom is -0.406 e. The van der Waals surface area contributed by atoms with Crippen LogP contribution in [-0.2, 0) is 6.54 Å². The van der Waals surface area contributed by atoms with Crippen LogP contribution in [0.25, 0.3) is 0 Å². The van der Waals surface area contributed by atoms with Crippen LogP contribution in [0.5, 0.6) is 5.75 Å². The summed E-state index contributed by atoms with van der Waals surface area (Å²) in [5.41, 5.74) is 0.781. The first-order valence-corrected chi connectivity index (χ1v) is 10.0. The van der Waals surface area contributed by atoms with E-state index in [2.05, 4.69) is 14.5 Å². The quantitative estimate of drug-likeness (QED) is 0.775. The number of nitrogens with zero attached hydrogens (tertiary/aromatic N) is 3. The van der Waals surface area contributed by atoms with E-state index in [-0.39, 0.29) is 17.8 Å². The molecular formula is C20H26F3N3O2. The number of carbonyl (C=O) groups excluding carboxylic acids is 1. The van der Waals surface area contributed by atoms with E-state index >= 15 is 0 Å². The van der Waals surface area contributed by atoms with Gasteiger partial charge in [0, 0.05) is 38.8 Å². The third-order valence-electron chi connectivity index (χ3n) is 6.02. The molecule has 0 aromatic heterocycles. The summed E-state index contributed by atoms with van der Waals surface area (Å²) < 4.78 is 41.3. The van der Waals surface area contributed by atoms with Gasteiger partial charge < -0.3 is 14.5 Å². The van der Waals surface area contributed by atoms with Crippen molar-refractivity contribution >= 4 is 6.03 Å². The number of urea groups is 1. The van der Waals surface area contributed by atoms with E-state index in [9.17, 15) is 18.0 Å². The van der Waals surface area contributed by atoms with Gasteiger partial charge in [-0.05, 0) is 30.5 Å². The summed E-state index contributed by atoms with van der Waals surface area (Å²) in [4.78, 5) is 19.0. The molecule has 1 saturated carbocycles. The summed E-state index contributed by atoms with van der Waals surface area (Å²) >= 11 is 0. The van der Waals surface area contributed by atoms with E-state index < -0.39 is 6.36 Å². The minimum atomic E-state index is -4.68. The Bertz CT molecular complexity index is 706. The average Bonchev–Trinajstić information content (AvgIpc) is 2.97. The molecule has 2 saturated heterocycles. The van der Waals surface area contributed by atoms with Crippen molar-refractivity contribution in [2.45, 2.75) is 57.1 Å². The van der Waals surface area contributed by atoms with Crippen LogP contribution in [-0.4, -0.2) is 65.4 Å². The number of hydrogen-bond acceptors (Lipinski definition) is 3. The van der Waals surface area contributed by atoms with Crippen molar-refractivity contribution in [1.82, 2.24) is 14.7 Å². The second kappa shape index (κ2) is 7.81. The standard InChI is InChI=1S/C20H26F3N3O2/c21-20(22,23)28-18-8-4-5-15(11-18)12-24-9-10-25-17(13-24)14-26(19(25)27)16-6-2-1-3-7-16/h4-5,8,11,16-17H,1-3,6-7,9-10,12-14H2/t17-/m1/s1. The third-order valence-corrected chi connectivity index (χ3v) is 6.02. The van der Waals surface area contributed by atoms with Crippen molar-refractivity contribution in [3.8, 4) is 5.75 Å². The predicted octanol–water partition coefficient (Wildman–Crippen LogP) is 3.84. The molecule has 1 atom stereocenters. The number of halogens is 3. The van der Waals surface area contributed by atoms with Crippen molar-refractivity contribution in [2.75, 3.05) is 26.2 Å². The lowest BCUT2D eigenvalue weighted by Gasteiger charge is -2.36. The van der Waals surface area contributed by atoms with Crippen LogP contribution in [0.2, 0.25) is 0 Å². The Hall–Kier alpha value is -1.96. The molecular weight excluding hydrogens is 371 g/mol. The molecule has 2 amide bonds. The second-order valence-electron chi connectivity index (χ2n) is 8.00. The molecule has 3 aliphatic rings. The van der Waals surface area contributed by atoms with Crippen LogP contribution in [0, 0.1) is 0 Å². The van der Waals surface area contributed by atoms with Crippen LogP contribution in [0.1, 0.15) is 37.7 Å². The third kappa shape index (κ3) is 4.37. The van der Waals surface area contributed by atoms with Gasteiger partial charge in [0.1, 0.15) is 5.75 Å². The number of amides is 2. The Morgan fingerprint density at radius 1 is 1.00 bits per heavy atom. The van der Waals surface area contributed by atoms with Crippen LogP contribution in [0.4, 0.5) is 18.0 Å². The fourth-order valence-electron chi connectivity index (χ4n) is 4.74. The molecule has 0 unspecified atom stereocenters. The van der Waals surface area contributed by atoms with E-state index in [0.717, 1.165) is 38.0 Å². The van der Waals surface area contributed by atoms with Gasteiger partial charge in [-0.1, -0.05) is 31.4 Å². The largest absolute Gasteiger partial charge is 0.573 e. The van der Waals surface area contributed by atoms with Gasteiger partial charge in [-0.25, -0.2) is 4.79 Å². The van der Waals surface area contributed by atoms with Crippen molar-refractivity contribution in [3.63, 3.8) is 0 Å². The van der Waals surface area contributed by atoms with Crippen LogP contribution >= 0.6 is 0 Å². The molecule has 2 heterocycles. The highest BCUT2D eigenvalue weighted by atomic mass is 19.4. The number of benzene rings is 1. The Labute approximate surface area is 163 Å². The first-order chi connectivity index (χ1) is 13.4. The maximum absolute atomic E-state index is 12.8. The summed E-state index contributed by atoms with van der Waals surface area (Å²) in [5.74, 6) is -0.192. The molecule has 28 heavy (non-hydrogen) atoms. The Balaban J connectivity index is 1.36. The van der Waals surface area contributed by atoms with Gasteiger partial charge in [0.2, 0.25) is 0 Å². The Morgan fingerprint density at radius 2 is 1.79 bits per heavy atom. The lowest BCUT2D eigenvalue weighted by molar-refractivity contribution is -0.274. The number of fused-ring (bicyclic) bond motifs is 1. The predicted molar refractivity (Wildman–Crippen MR) is 97.9 cm³/mol. The van der Waals surface area contributed by atoms with Gasteiger partial charge >= 0.3 is 12.4 Å². The number of rotatable bonds is 4. The van der Waals surface area contributed by atoms with E-state index in [1.165, 1.54) is 31.4 Å². The molecule has 5 nitrogen and oxygen atoms in total. The maximum atomic E-state index is 12.8. The van der Waals surface area contributed by atoms with Crippen LogP contribution in [0.15, 0.2) is 24.3 Å². The molecule has 0 N–H and O–H groups in total. The zero-order valence-corrected chi connectivity index (χ0v) is 15.8. The van der Waals surface area contributed by atoms with Gasteiger partial charge in [-0.2, -0.15) is 0 Å². The average molecular weight is 397 g/mol. The van der Waals surface area contributed by atoms with Gasteiger partial charge in [-0.15, -0.1) is 13.2 Å². The molecule has 8 heteroatoms. The van der Waals surface area contributed by atoms with Crippen molar-refractivity contribution in [1.29, 1.82) is 0 Å². The smallest absolute Gasteiger partial charge is 0.406 e. The summed E-state index contributed by atoms with van der Waals surface area (Å²) in [6.07, 6.45) is 1.17. The molecule has 1 aromatic rings. The topological polar surface area (TPSA) is 36.0 Å². The first kappa shape index (κ1) is 19.4. The van der Waals surface area contributed by atoms with Crippen molar-refractivity contribution < 1.29 is 22.7 Å². The number of piperazine rings is 1. The Kier molecular flexibility index (Phi) is 5.40. The highest BCUT2D eigenvalue weighted by Crippen LogP contribution is 2.30. The summed E-state index contributed by atoms with van der Waals surface area (Å²) in [7, 11) is 0. The lowest BCUT2D eigenvalue weighted by atomic mass is 9.94. The van der Waals surface area contributed by atoms with Crippen molar-refractivity contribution in [2.24, 2.45) is 0 Å². The number of hydrogen-bond donors (Lipinski definition) is 0. The fraction of sp³-hybridized carbons (Fsp3) is 0.650. The highest BCUT2D eigenvalue weighted by molar-refractivity contribution is 5.77. The fourth-order valence-corrected chi connectivity index (χ4v) is 4.74. The molecule has 0 radical (unpaired) electrons. The van der Waals surface area contributed by atoms with E-state index in [0.29, 0.717) is 19.1 Å². The second-order valence-corrected chi connectivity index (χ2v) is 8.00. The summed E-state index contributed by atoms with van der Waals surface area (Å²) in [6.45, 7) is 3.46. The molecule has 0 spiro atoms. The zero-order chi connectivity index (χ0) is 19.7. The normalized spacial score (nSPS) is 24.5. The molecule has 1 aliphatic carbocycles. The SMILES string of the molecule is O=C1N(C2CCCCC2)C[C@H]2CN(Cc3cccc(OC(F)(F)F)c3)CCN12. The zero-order valence-electron chi connectivity index (χ0n) is 15.8. The number of alkyl halides is 3. The van der Waals surface area contributed by atoms with Crippen LogP contribution in [0.3, 0.4) is 0 Å². The molecule has 2 aliphatic heterocycles. The van der Waals surface area contributed by atoms with Crippen molar-refractivity contribution in [3.05, 3.63) is 29.8 Å². The van der Waals surface area contributed by atoms with Gasteiger partial charge in [-0.3, -0.25) is 4.90 Å². The lowest BCUT2D eigenvalue weighted by Crippen LogP contribution is -2.51. The summed E-state index contributed by atoms with van der Waals surface area (Å²) in [5, 5.41) is 0. The first-order valence-electron chi connectivity index (χ1n) is 10.0.